The molecule has 0 bridgehead atoms. The maximum absolute atomic E-state index is 4.74. The number of benzene rings is 4. The summed E-state index contributed by atoms with van der Waals surface area (Å²) in [5, 5.41) is 4.94. The molecule has 4 aromatic carbocycles. The first-order valence-electron chi connectivity index (χ1n) is 7.14. The molecule has 0 radical (unpaired) electrons. The van der Waals surface area contributed by atoms with Crippen molar-refractivity contribution in [1.82, 2.24) is 0 Å². The van der Waals surface area contributed by atoms with Gasteiger partial charge in [0.2, 0.25) is 0 Å². The summed E-state index contributed by atoms with van der Waals surface area (Å²) in [6.07, 6.45) is 0. The number of hydrogen-bond donors (Lipinski definition) is 1. The van der Waals surface area contributed by atoms with Gasteiger partial charge in [-0.2, -0.15) is 0 Å². The molecule has 0 aliphatic carbocycles. The van der Waals surface area contributed by atoms with Gasteiger partial charge in [0.05, 0.1) is 0 Å². The summed E-state index contributed by atoms with van der Waals surface area (Å²) in [5.74, 6) is 0. The number of fused-ring (bicyclic) bond motifs is 2. The molecule has 0 aromatic heterocycles. The summed E-state index contributed by atoms with van der Waals surface area (Å²) in [6.45, 7) is 0. The predicted octanol–water partition coefficient (Wildman–Crippen LogP) is 6.71. The van der Waals surface area contributed by atoms with Crippen molar-refractivity contribution < 1.29 is 0 Å². The molecule has 0 spiro atoms. The van der Waals surface area contributed by atoms with E-state index in [2.05, 4.69) is 88.7 Å². The van der Waals surface area contributed by atoms with Crippen molar-refractivity contribution in [3.63, 3.8) is 0 Å². The Morgan fingerprint density at radius 3 is 1.82 bits per heavy atom. The molecule has 106 valence electrons. The van der Waals surface area contributed by atoms with Crippen LogP contribution in [-0.2, 0) is 0 Å². The van der Waals surface area contributed by atoms with E-state index < -0.39 is 0 Å². The van der Waals surface area contributed by atoms with Crippen molar-refractivity contribution in [3.8, 4) is 11.1 Å². The van der Waals surface area contributed by atoms with Gasteiger partial charge in [-0.15, -0.1) is 12.6 Å². The van der Waals surface area contributed by atoms with Gasteiger partial charge in [-0.05, 0) is 33.7 Å². The average Bonchev–Trinajstić information content (AvgIpc) is 2.56. The van der Waals surface area contributed by atoms with Crippen LogP contribution in [0.4, 0.5) is 0 Å². The number of thiol groups is 1. The molecule has 4 aromatic rings. The smallest absolute Gasteiger partial charge is 0.0260 e. The molecule has 0 N–H and O–H groups in total. The Kier molecular flexibility index (Phi) is 3.44. The molecule has 0 aliphatic rings. The Bertz CT molecular complexity index is 922. The summed E-state index contributed by atoms with van der Waals surface area (Å²) < 4.78 is 1.10. The van der Waals surface area contributed by atoms with Crippen LogP contribution < -0.4 is 0 Å². The van der Waals surface area contributed by atoms with Crippen LogP contribution in [0.15, 0.2) is 82.2 Å². The highest BCUT2D eigenvalue weighted by Crippen LogP contribution is 2.42. The maximum Gasteiger partial charge on any atom is 0.0260 e. The molecule has 0 saturated carbocycles. The van der Waals surface area contributed by atoms with E-state index in [9.17, 15) is 0 Å². The number of hydrogen-bond acceptors (Lipinski definition) is 1. The van der Waals surface area contributed by atoms with Gasteiger partial charge in [0.1, 0.15) is 0 Å². The van der Waals surface area contributed by atoms with Gasteiger partial charge in [-0.3, -0.25) is 0 Å². The molecule has 2 heteroatoms. The fourth-order valence-corrected chi connectivity index (χ4v) is 3.87. The Balaban J connectivity index is 2.21. The van der Waals surface area contributed by atoms with E-state index in [1.807, 2.05) is 0 Å². The van der Waals surface area contributed by atoms with Crippen molar-refractivity contribution in [1.29, 1.82) is 0 Å². The van der Waals surface area contributed by atoms with E-state index in [1.54, 1.807) is 0 Å². The highest BCUT2D eigenvalue weighted by molar-refractivity contribution is 9.10. The summed E-state index contributed by atoms with van der Waals surface area (Å²) in [5.41, 5.74) is 2.39. The lowest BCUT2D eigenvalue weighted by atomic mass is 9.94. The van der Waals surface area contributed by atoms with E-state index in [-0.39, 0.29) is 0 Å². The van der Waals surface area contributed by atoms with Gasteiger partial charge in [0.15, 0.2) is 0 Å². The third kappa shape index (κ3) is 2.15. The van der Waals surface area contributed by atoms with Crippen molar-refractivity contribution in [3.05, 3.63) is 77.3 Å². The minimum atomic E-state index is 0.996. The number of halogens is 1. The molecule has 0 nitrogen and oxygen atoms in total. The molecule has 0 atom stereocenters. The van der Waals surface area contributed by atoms with Gasteiger partial charge < -0.3 is 0 Å². The average molecular weight is 365 g/mol. The van der Waals surface area contributed by atoms with E-state index in [4.69, 9.17) is 12.6 Å². The zero-order valence-corrected chi connectivity index (χ0v) is 14.2. The third-order valence-corrected chi connectivity index (χ3v) is 5.07. The molecule has 0 heterocycles. The highest BCUT2D eigenvalue weighted by atomic mass is 79.9. The standard InChI is InChI=1S/C20H13BrS/c21-17-11-9-13-5-1-3-7-15(13)19(17)20-16-8-4-2-6-14(16)10-12-18(20)22/h1-12,22H. The Labute approximate surface area is 143 Å². The van der Waals surface area contributed by atoms with Gasteiger partial charge in [-0.25, -0.2) is 0 Å². The van der Waals surface area contributed by atoms with E-state index in [1.165, 1.54) is 32.7 Å². The van der Waals surface area contributed by atoms with Crippen LogP contribution in [0.2, 0.25) is 0 Å². The van der Waals surface area contributed by atoms with Gasteiger partial charge in [-0.1, -0.05) is 76.6 Å². The molecule has 22 heavy (non-hydrogen) atoms. The second kappa shape index (κ2) is 5.45. The lowest BCUT2D eigenvalue weighted by Gasteiger charge is -2.14. The monoisotopic (exact) mass is 364 g/mol. The minimum Gasteiger partial charge on any atom is -0.143 e. The first-order chi connectivity index (χ1) is 10.8. The van der Waals surface area contributed by atoms with Crippen LogP contribution in [0, 0.1) is 0 Å². The van der Waals surface area contributed by atoms with Crippen molar-refractivity contribution in [2.45, 2.75) is 4.90 Å². The lowest BCUT2D eigenvalue weighted by Crippen LogP contribution is -1.88. The third-order valence-electron chi connectivity index (χ3n) is 4.04. The normalized spacial score (nSPS) is 11.2. The van der Waals surface area contributed by atoms with E-state index in [0.717, 1.165) is 9.37 Å². The Morgan fingerprint density at radius 2 is 1.14 bits per heavy atom. The minimum absolute atomic E-state index is 0.996. The van der Waals surface area contributed by atoms with Crippen LogP contribution in [0.1, 0.15) is 0 Å². The van der Waals surface area contributed by atoms with Crippen LogP contribution in [-0.4, -0.2) is 0 Å². The lowest BCUT2D eigenvalue weighted by molar-refractivity contribution is 1.50. The first-order valence-corrected chi connectivity index (χ1v) is 8.38. The second-order valence-corrected chi connectivity index (χ2v) is 6.66. The van der Waals surface area contributed by atoms with E-state index in [0.29, 0.717) is 0 Å². The summed E-state index contributed by atoms with van der Waals surface area (Å²) in [4.78, 5) is 0.996. The Hall–Kier alpha value is -1.77. The molecule has 4 rings (SSSR count). The van der Waals surface area contributed by atoms with Crippen LogP contribution in [0.3, 0.4) is 0 Å². The largest absolute Gasteiger partial charge is 0.143 e. The summed E-state index contributed by atoms with van der Waals surface area (Å²) in [6, 6.07) is 25.4. The second-order valence-electron chi connectivity index (χ2n) is 5.32. The fraction of sp³-hybridized carbons (Fsp3) is 0. The van der Waals surface area contributed by atoms with Crippen molar-refractivity contribution >= 4 is 50.1 Å². The molecular formula is C20H13BrS. The van der Waals surface area contributed by atoms with Crippen molar-refractivity contribution in [2.24, 2.45) is 0 Å². The predicted molar refractivity (Wildman–Crippen MR) is 102 cm³/mol. The Morgan fingerprint density at radius 1 is 0.591 bits per heavy atom. The van der Waals surface area contributed by atoms with Gasteiger partial charge in [0.25, 0.3) is 0 Å². The highest BCUT2D eigenvalue weighted by Gasteiger charge is 2.14. The van der Waals surface area contributed by atoms with Crippen molar-refractivity contribution in [2.75, 3.05) is 0 Å². The zero-order chi connectivity index (χ0) is 15.1. The fourth-order valence-electron chi connectivity index (χ4n) is 3.02. The van der Waals surface area contributed by atoms with Crippen LogP contribution in [0.25, 0.3) is 32.7 Å². The number of rotatable bonds is 1. The molecule has 0 amide bonds. The quantitative estimate of drug-likeness (QED) is 0.356. The molecule has 0 saturated heterocycles. The zero-order valence-electron chi connectivity index (χ0n) is 11.8. The van der Waals surface area contributed by atoms with Gasteiger partial charge in [0, 0.05) is 20.5 Å². The maximum atomic E-state index is 4.74. The van der Waals surface area contributed by atoms with E-state index >= 15 is 0 Å². The molecule has 0 unspecified atom stereocenters. The van der Waals surface area contributed by atoms with Gasteiger partial charge >= 0.3 is 0 Å². The van der Waals surface area contributed by atoms with Crippen LogP contribution in [0.5, 0.6) is 0 Å². The SMILES string of the molecule is Sc1ccc2ccccc2c1-c1c(Br)ccc2ccccc12. The first kappa shape index (κ1) is 13.9. The topological polar surface area (TPSA) is 0 Å². The van der Waals surface area contributed by atoms with Crippen LogP contribution >= 0.6 is 28.6 Å². The molecule has 0 fully saturated rings. The molecular weight excluding hydrogens is 352 g/mol. The summed E-state index contributed by atoms with van der Waals surface area (Å²) >= 11 is 8.48. The summed E-state index contributed by atoms with van der Waals surface area (Å²) in [7, 11) is 0. The molecule has 0 aliphatic heterocycles.